The van der Waals surface area contributed by atoms with Crippen molar-refractivity contribution >= 4 is 22.7 Å². The minimum absolute atomic E-state index is 0.150. The van der Waals surface area contributed by atoms with Crippen molar-refractivity contribution in [3.05, 3.63) is 34.9 Å². The van der Waals surface area contributed by atoms with Crippen LogP contribution in [0.15, 0.2) is 18.2 Å². The molecule has 0 unspecified atom stereocenters. The fourth-order valence-corrected chi connectivity index (χ4v) is 2.54. The monoisotopic (exact) mass is 318 g/mol. The minimum Gasteiger partial charge on any atom is -0.493 e. The molecule has 0 spiro atoms. The Bertz CT molecular complexity index is 778. The first-order chi connectivity index (χ1) is 11.0. The van der Waals surface area contributed by atoms with Crippen molar-refractivity contribution in [2.75, 3.05) is 28.4 Å². The van der Waals surface area contributed by atoms with Crippen LogP contribution in [0.3, 0.4) is 0 Å². The van der Waals surface area contributed by atoms with Crippen LogP contribution in [0.1, 0.15) is 26.3 Å². The Kier molecular flexibility index (Phi) is 4.74. The van der Waals surface area contributed by atoms with E-state index < -0.39 is 11.9 Å². The zero-order chi connectivity index (χ0) is 17.1. The van der Waals surface area contributed by atoms with Crippen LogP contribution in [0.4, 0.5) is 0 Å². The molecule has 0 saturated heterocycles. The van der Waals surface area contributed by atoms with E-state index in [4.69, 9.17) is 18.9 Å². The van der Waals surface area contributed by atoms with Crippen molar-refractivity contribution in [3.8, 4) is 11.5 Å². The summed E-state index contributed by atoms with van der Waals surface area (Å²) in [5.74, 6) is -0.143. The van der Waals surface area contributed by atoms with Crippen LogP contribution in [-0.2, 0) is 9.47 Å². The third-order valence-electron chi connectivity index (χ3n) is 3.70. The summed E-state index contributed by atoms with van der Waals surface area (Å²) in [6.45, 7) is 1.74. The molecule has 0 aliphatic carbocycles. The zero-order valence-corrected chi connectivity index (χ0v) is 13.7. The molecule has 122 valence electrons. The van der Waals surface area contributed by atoms with Gasteiger partial charge in [-0.05, 0) is 41.5 Å². The molecule has 0 N–H and O–H groups in total. The molecule has 0 fully saturated rings. The van der Waals surface area contributed by atoms with Gasteiger partial charge in [0.15, 0.2) is 11.5 Å². The van der Waals surface area contributed by atoms with Gasteiger partial charge < -0.3 is 18.9 Å². The summed E-state index contributed by atoms with van der Waals surface area (Å²) in [6.07, 6.45) is 0. The lowest BCUT2D eigenvalue weighted by Crippen LogP contribution is -2.14. The van der Waals surface area contributed by atoms with Crippen LogP contribution >= 0.6 is 0 Å². The highest BCUT2D eigenvalue weighted by atomic mass is 16.5. The summed E-state index contributed by atoms with van der Waals surface area (Å²) >= 11 is 0. The molecule has 0 aromatic heterocycles. The van der Waals surface area contributed by atoms with Gasteiger partial charge in [0.2, 0.25) is 0 Å². The van der Waals surface area contributed by atoms with Crippen molar-refractivity contribution in [3.63, 3.8) is 0 Å². The molecule has 2 aromatic carbocycles. The Morgan fingerprint density at radius 3 is 1.91 bits per heavy atom. The molecule has 0 atom stereocenters. The lowest BCUT2D eigenvalue weighted by Gasteiger charge is -2.15. The standard InChI is InChI=1S/C17H18O6/c1-9-11-8-14(21-3)13(20-2)7-10(11)6-12(16(18)22-4)15(9)17(19)23-5/h6-8H,1-5H3. The average Bonchev–Trinajstić information content (AvgIpc) is 2.58. The Labute approximate surface area is 133 Å². The molecule has 6 heteroatoms. The van der Waals surface area contributed by atoms with Crippen LogP contribution in [-0.4, -0.2) is 40.4 Å². The Balaban J connectivity index is 2.89. The molecule has 23 heavy (non-hydrogen) atoms. The van der Waals surface area contributed by atoms with Gasteiger partial charge in [0, 0.05) is 0 Å². The van der Waals surface area contributed by atoms with E-state index in [0.29, 0.717) is 17.1 Å². The fraction of sp³-hybridized carbons (Fsp3) is 0.294. The molecule has 0 saturated carbocycles. The maximum atomic E-state index is 12.1. The van der Waals surface area contributed by atoms with Gasteiger partial charge in [0.25, 0.3) is 0 Å². The molecule has 0 aliphatic rings. The number of rotatable bonds is 4. The summed E-state index contributed by atoms with van der Waals surface area (Å²) in [4.78, 5) is 24.2. The number of esters is 2. The highest BCUT2D eigenvalue weighted by molar-refractivity contribution is 6.09. The topological polar surface area (TPSA) is 71.1 Å². The number of carbonyl (C=O) groups is 2. The van der Waals surface area contributed by atoms with Crippen LogP contribution in [0.25, 0.3) is 10.8 Å². The van der Waals surface area contributed by atoms with Crippen molar-refractivity contribution in [2.45, 2.75) is 6.92 Å². The number of aryl methyl sites for hydroxylation is 1. The van der Waals surface area contributed by atoms with Crippen LogP contribution in [0.2, 0.25) is 0 Å². The van der Waals surface area contributed by atoms with Gasteiger partial charge in [-0.3, -0.25) is 0 Å². The van der Waals surface area contributed by atoms with E-state index >= 15 is 0 Å². The normalized spacial score (nSPS) is 10.3. The van der Waals surface area contributed by atoms with Crippen molar-refractivity contribution < 1.29 is 28.5 Å². The molecular weight excluding hydrogens is 300 g/mol. The Morgan fingerprint density at radius 1 is 0.826 bits per heavy atom. The zero-order valence-electron chi connectivity index (χ0n) is 13.7. The highest BCUT2D eigenvalue weighted by Crippen LogP contribution is 2.36. The molecule has 0 amide bonds. The first-order valence-electron chi connectivity index (χ1n) is 6.84. The Hall–Kier alpha value is -2.76. The van der Waals surface area contributed by atoms with E-state index in [2.05, 4.69) is 0 Å². The molecular formula is C17H18O6. The van der Waals surface area contributed by atoms with Gasteiger partial charge in [-0.25, -0.2) is 9.59 Å². The Morgan fingerprint density at radius 2 is 1.39 bits per heavy atom. The molecule has 0 aliphatic heterocycles. The summed E-state index contributed by atoms with van der Waals surface area (Å²) in [6, 6.07) is 5.09. The number of benzene rings is 2. The first-order valence-corrected chi connectivity index (χ1v) is 6.84. The maximum Gasteiger partial charge on any atom is 0.339 e. The van der Waals surface area contributed by atoms with E-state index in [0.717, 1.165) is 10.8 Å². The smallest absolute Gasteiger partial charge is 0.339 e. The van der Waals surface area contributed by atoms with E-state index in [1.165, 1.54) is 28.4 Å². The first kappa shape index (κ1) is 16.6. The van der Waals surface area contributed by atoms with E-state index in [1.807, 2.05) is 0 Å². The van der Waals surface area contributed by atoms with Gasteiger partial charge in [-0.1, -0.05) is 0 Å². The van der Waals surface area contributed by atoms with Crippen LogP contribution in [0.5, 0.6) is 11.5 Å². The number of fused-ring (bicyclic) bond motifs is 1. The summed E-state index contributed by atoms with van der Waals surface area (Å²) in [7, 11) is 5.59. The maximum absolute atomic E-state index is 12.1. The van der Waals surface area contributed by atoms with Gasteiger partial charge in [0.1, 0.15) is 0 Å². The number of carbonyl (C=O) groups excluding carboxylic acids is 2. The molecule has 0 bridgehead atoms. The third kappa shape index (κ3) is 2.79. The van der Waals surface area contributed by atoms with Crippen molar-refractivity contribution in [1.82, 2.24) is 0 Å². The van der Waals surface area contributed by atoms with E-state index in [-0.39, 0.29) is 11.1 Å². The van der Waals surface area contributed by atoms with Gasteiger partial charge in [0.05, 0.1) is 39.6 Å². The van der Waals surface area contributed by atoms with E-state index in [9.17, 15) is 9.59 Å². The second kappa shape index (κ2) is 6.56. The molecule has 0 radical (unpaired) electrons. The largest absolute Gasteiger partial charge is 0.493 e. The summed E-state index contributed by atoms with van der Waals surface area (Å²) in [5, 5.41) is 1.49. The molecule has 2 rings (SSSR count). The van der Waals surface area contributed by atoms with Crippen LogP contribution < -0.4 is 9.47 Å². The van der Waals surface area contributed by atoms with Gasteiger partial charge >= 0.3 is 11.9 Å². The molecule has 2 aromatic rings. The predicted molar refractivity (Wildman–Crippen MR) is 84.5 cm³/mol. The molecule has 6 nitrogen and oxygen atoms in total. The lowest BCUT2D eigenvalue weighted by molar-refractivity contribution is 0.0555. The fourth-order valence-electron chi connectivity index (χ4n) is 2.54. The second-order valence-corrected chi connectivity index (χ2v) is 4.84. The molecule has 0 heterocycles. The summed E-state index contributed by atoms with van der Waals surface area (Å²) in [5.41, 5.74) is 0.936. The number of methoxy groups -OCH3 is 4. The highest BCUT2D eigenvalue weighted by Gasteiger charge is 2.23. The quantitative estimate of drug-likeness (QED) is 0.807. The van der Waals surface area contributed by atoms with Crippen molar-refractivity contribution in [1.29, 1.82) is 0 Å². The number of hydrogen-bond acceptors (Lipinski definition) is 6. The lowest BCUT2D eigenvalue weighted by atomic mass is 9.94. The van der Waals surface area contributed by atoms with Crippen LogP contribution in [0, 0.1) is 6.92 Å². The summed E-state index contributed by atoms with van der Waals surface area (Å²) < 4.78 is 20.1. The predicted octanol–water partition coefficient (Wildman–Crippen LogP) is 2.74. The van der Waals surface area contributed by atoms with E-state index in [1.54, 1.807) is 25.1 Å². The average molecular weight is 318 g/mol. The SMILES string of the molecule is COC(=O)c1cc2cc(OC)c(OC)cc2c(C)c1C(=O)OC. The third-order valence-corrected chi connectivity index (χ3v) is 3.70. The second-order valence-electron chi connectivity index (χ2n) is 4.84. The van der Waals surface area contributed by atoms with Gasteiger partial charge in [-0.2, -0.15) is 0 Å². The number of ether oxygens (including phenoxy) is 4. The number of hydrogen-bond donors (Lipinski definition) is 0. The van der Waals surface area contributed by atoms with Gasteiger partial charge in [-0.15, -0.1) is 0 Å². The van der Waals surface area contributed by atoms with Crippen molar-refractivity contribution in [2.24, 2.45) is 0 Å². The minimum atomic E-state index is -0.606.